The number of thiazole rings is 1. The topological polar surface area (TPSA) is 62.3 Å². The van der Waals surface area contributed by atoms with Gasteiger partial charge in [0.05, 0.1) is 17.1 Å². The number of benzene rings is 1. The summed E-state index contributed by atoms with van der Waals surface area (Å²) in [5, 5.41) is 5.42. The van der Waals surface area contributed by atoms with Crippen LogP contribution in [0.15, 0.2) is 29.6 Å². The van der Waals surface area contributed by atoms with Crippen LogP contribution in [-0.2, 0) is 16.0 Å². The number of nitrogens with zero attached hydrogens (tertiary/aromatic N) is 2. The Morgan fingerprint density at radius 1 is 1.29 bits per heavy atom. The third-order valence-corrected chi connectivity index (χ3v) is 4.21. The molecule has 5 nitrogen and oxygen atoms in total. The second kappa shape index (κ2) is 8.01. The SMILES string of the molecule is Cc1nc(CC(=O)N(CC(=O)Nc2ccc(F)cc2)C(C)C)cs1. The number of halogens is 1. The number of hydrogen-bond donors (Lipinski definition) is 1. The number of aryl methyl sites for hydroxylation is 1. The predicted molar refractivity (Wildman–Crippen MR) is 92.4 cm³/mol. The average molecular weight is 349 g/mol. The van der Waals surface area contributed by atoms with Gasteiger partial charge in [-0.2, -0.15) is 0 Å². The summed E-state index contributed by atoms with van der Waals surface area (Å²) in [5.74, 6) is -0.840. The summed E-state index contributed by atoms with van der Waals surface area (Å²) in [7, 11) is 0. The number of rotatable bonds is 6. The molecule has 0 spiro atoms. The lowest BCUT2D eigenvalue weighted by Gasteiger charge is -2.26. The van der Waals surface area contributed by atoms with Crippen molar-refractivity contribution in [2.45, 2.75) is 33.2 Å². The monoisotopic (exact) mass is 349 g/mol. The van der Waals surface area contributed by atoms with E-state index in [9.17, 15) is 14.0 Å². The van der Waals surface area contributed by atoms with Crippen LogP contribution in [0.2, 0.25) is 0 Å². The van der Waals surface area contributed by atoms with Gasteiger partial charge in [0.2, 0.25) is 11.8 Å². The highest BCUT2D eigenvalue weighted by atomic mass is 32.1. The predicted octanol–water partition coefficient (Wildman–Crippen LogP) is 3.01. The van der Waals surface area contributed by atoms with Crippen molar-refractivity contribution in [2.75, 3.05) is 11.9 Å². The first-order chi connectivity index (χ1) is 11.3. The van der Waals surface area contributed by atoms with E-state index in [0.29, 0.717) is 11.4 Å². The quantitative estimate of drug-likeness (QED) is 0.872. The maximum atomic E-state index is 12.9. The van der Waals surface area contributed by atoms with Crippen LogP contribution in [0, 0.1) is 12.7 Å². The zero-order valence-corrected chi connectivity index (χ0v) is 14.7. The third-order valence-electron chi connectivity index (χ3n) is 3.38. The van der Waals surface area contributed by atoms with Gasteiger partial charge < -0.3 is 10.2 Å². The Kier molecular flexibility index (Phi) is 6.03. The molecular formula is C17H20FN3O2S. The van der Waals surface area contributed by atoms with Crippen molar-refractivity contribution in [3.63, 3.8) is 0 Å². The lowest BCUT2D eigenvalue weighted by Crippen LogP contribution is -2.43. The van der Waals surface area contributed by atoms with E-state index < -0.39 is 0 Å². The molecule has 1 aromatic heterocycles. The van der Waals surface area contributed by atoms with E-state index >= 15 is 0 Å². The van der Waals surface area contributed by atoms with Crippen LogP contribution in [-0.4, -0.2) is 34.3 Å². The van der Waals surface area contributed by atoms with Crippen LogP contribution >= 0.6 is 11.3 Å². The van der Waals surface area contributed by atoms with Crippen molar-refractivity contribution >= 4 is 28.8 Å². The number of hydrogen-bond acceptors (Lipinski definition) is 4. The summed E-state index contributed by atoms with van der Waals surface area (Å²) in [6.45, 7) is 5.54. The minimum atomic E-state index is -0.370. The smallest absolute Gasteiger partial charge is 0.244 e. The van der Waals surface area contributed by atoms with Crippen molar-refractivity contribution in [1.29, 1.82) is 0 Å². The minimum absolute atomic E-state index is 0.0585. The van der Waals surface area contributed by atoms with Gasteiger partial charge in [0.1, 0.15) is 12.4 Å². The number of aromatic nitrogens is 1. The number of amides is 2. The number of nitrogens with one attached hydrogen (secondary N) is 1. The summed E-state index contributed by atoms with van der Waals surface area (Å²) in [4.78, 5) is 30.4. The normalized spacial score (nSPS) is 10.7. The van der Waals surface area contributed by atoms with Gasteiger partial charge in [0.15, 0.2) is 0 Å². The highest BCUT2D eigenvalue weighted by molar-refractivity contribution is 7.09. The summed E-state index contributed by atoms with van der Waals surface area (Å²) in [5.41, 5.74) is 1.21. The Balaban J connectivity index is 1.97. The molecule has 1 aromatic carbocycles. The molecule has 0 unspecified atom stereocenters. The molecule has 24 heavy (non-hydrogen) atoms. The van der Waals surface area contributed by atoms with Gasteiger partial charge in [0.25, 0.3) is 0 Å². The third kappa shape index (κ3) is 5.13. The molecule has 0 saturated heterocycles. The van der Waals surface area contributed by atoms with E-state index in [2.05, 4.69) is 10.3 Å². The van der Waals surface area contributed by atoms with Gasteiger partial charge in [-0.15, -0.1) is 11.3 Å². The largest absolute Gasteiger partial charge is 0.331 e. The molecule has 0 atom stereocenters. The zero-order chi connectivity index (χ0) is 17.7. The molecule has 0 aliphatic heterocycles. The molecule has 1 N–H and O–H groups in total. The highest BCUT2D eigenvalue weighted by Gasteiger charge is 2.21. The fourth-order valence-corrected chi connectivity index (χ4v) is 2.81. The molecule has 0 aliphatic carbocycles. The molecule has 0 aliphatic rings. The fourth-order valence-electron chi connectivity index (χ4n) is 2.19. The maximum absolute atomic E-state index is 12.9. The first kappa shape index (κ1) is 18.1. The summed E-state index contributed by atoms with van der Waals surface area (Å²) < 4.78 is 12.9. The van der Waals surface area contributed by atoms with Crippen molar-refractivity contribution < 1.29 is 14.0 Å². The van der Waals surface area contributed by atoms with E-state index in [1.807, 2.05) is 26.2 Å². The molecule has 2 rings (SSSR count). The Hall–Kier alpha value is -2.28. The molecule has 7 heteroatoms. The molecule has 0 bridgehead atoms. The van der Waals surface area contributed by atoms with E-state index in [1.54, 1.807) is 0 Å². The van der Waals surface area contributed by atoms with Crippen molar-refractivity contribution in [1.82, 2.24) is 9.88 Å². The Morgan fingerprint density at radius 2 is 1.96 bits per heavy atom. The van der Waals surface area contributed by atoms with E-state index in [0.717, 1.165) is 5.01 Å². The van der Waals surface area contributed by atoms with Crippen LogP contribution in [0.3, 0.4) is 0 Å². The number of anilines is 1. The highest BCUT2D eigenvalue weighted by Crippen LogP contribution is 2.12. The van der Waals surface area contributed by atoms with Gasteiger partial charge in [-0.3, -0.25) is 9.59 Å². The second-order valence-corrected chi connectivity index (χ2v) is 6.77. The van der Waals surface area contributed by atoms with Gasteiger partial charge in [0, 0.05) is 17.1 Å². The van der Waals surface area contributed by atoms with E-state index in [-0.39, 0.29) is 36.6 Å². The van der Waals surface area contributed by atoms with E-state index in [1.165, 1.54) is 40.5 Å². The molecule has 2 amide bonds. The van der Waals surface area contributed by atoms with Crippen LogP contribution in [0.1, 0.15) is 24.5 Å². The second-order valence-electron chi connectivity index (χ2n) is 5.71. The van der Waals surface area contributed by atoms with Gasteiger partial charge in [-0.25, -0.2) is 9.37 Å². The summed E-state index contributed by atoms with van der Waals surface area (Å²) >= 11 is 1.49. The lowest BCUT2D eigenvalue weighted by molar-refractivity contribution is -0.135. The molecule has 128 valence electrons. The van der Waals surface area contributed by atoms with Gasteiger partial charge >= 0.3 is 0 Å². The zero-order valence-electron chi connectivity index (χ0n) is 13.9. The first-order valence-electron chi connectivity index (χ1n) is 7.61. The van der Waals surface area contributed by atoms with Crippen LogP contribution in [0.4, 0.5) is 10.1 Å². The van der Waals surface area contributed by atoms with Crippen molar-refractivity contribution in [2.24, 2.45) is 0 Å². The van der Waals surface area contributed by atoms with Crippen molar-refractivity contribution in [3.8, 4) is 0 Å². The maximum Gasteiger partial charge on any atom is 0.244 e. The standard InChI is InChI=1S/C17H20FN3O2S/c1-11(2)21(17(23)8-15-10-24-12(3)19-15)9-16(22)20-14-6-4-13(18)5-7-14/h4-7,10-11H,8-9H2,1-3H3,(H,20,22). The van der Waals surface area contributed by atoms with Gasteiger partial charge in [-0.1, -0.05) is 0 Å². The fraction of sp³-hybridized carbons (Fsp3) is 0.353. The summed E-state index contributed by atoms with van der Waals surface area (Å²) in [6, 6.07) is 5.38. The van der Waals surface area contributed by atoms with Crippen LogP contribution in [0.5, 0.6) is 0 Å². The number of carbonyl (C=O) groups excluding carboxylic acids is 2. The van der Waals surface area contributed by atoms with Crippen LogP contribution < -0.4 is 5.32 Å². The Labute approximate surface area is 144 Å². The molecular weight excluding hydrogens is 329 g/mol. The molecule has 0 saturated carbocycles. The Morgan fingerprint density at radius 3 is 2.50 bits per heavy atom. The number of carbonyl (C=O) groups is 2. The first-order valence-corrected chi connectivity index (χ1v) is 8.49. The van der Waals surface area contributed by atoms with Gasteiger partial charge in [-0.05, 0) is 45.0 Å². The molecule has 2 aromatic rings. The summed E-state index contributed by atoms with van der Waals surface area (Å²) in [6.07, 6.45) is 0.173. The van der Waals surface area contributed by atoms with Crippen molar-refractivity contribution in [3.05, 3.63) is 46.2 Å². The lowest BCUT2D eigenvalue weighted by atomic mass is 10.2. The molecule has 1 heterocycles. The Bertz CT molecular complexity index is 713. The minimum Gasteiger partial charge on any atom is -0.331 e. The molecule has 0 fully saturated rings. The molecule has 0 radical (unpaired) electrons. The average Bonchev–Trinajstić information content (AvgIpc) is 2.92. The van der Waals surface area contributed by atoms with Crippen LogP contribution in [0.25, 0.3) is 0 Å². The van der Waals surface area contributed by atoms with E-state index in [4.69, 9.17) is 0 Å².